The molecular formula is C9H18O4. The van der Waals surface area contributed by atoms with E-state index in [2.05, 4.69) is 4.74 Å². The van der Waals surface area contributed by atoms with Crippen molar-refractivity contribution >= 4 is 5.97 Å². The van der Waals surface area contributed by atoms with Crippen LogP contribution in [0.3, 0.4) is 0 Å². The number of ether oxygens (including phenoxy) is 2. The summed E-state index contributed by atoms with van der Waals surface area (Å²) < 4.78 is 9.81. The van der Waals surface area contributed by atoms with E-state index in [1.165, 1.54) is 0 Å². The summed E-state index contributed by atoms with van der Waals surface area (Å²) in [6, 6.07) is 0. The maximum Gasteiger partial charge on any atom is 0.337 e. The van der Waals surface area contributed by atoms with Gasteiger partial charge in [-0.2, -0.15) is 0 Å². The topological polar surface area (TPSA) is 55.8 Å². The molecule has 13 heavy (non-hydrogen) atoms. The lowest BCUT2D eigenvalue weighted by atomic mass is 10.2. The molecule has 1 unspecified atom stereocenters. The van der Waals surface area contributed by atoms with Gasteiger partial charge in [-0.15, -0.1) is 0 Å². The normalized spacial score (nSPS) is 13.9. The second kappa shape index (κ2) is 5.19. The summed E-state index contributed by atoms with van der Waals surface area (Å²) in [4.78, 5) is 10.9. The SMILES string of the molecule is CCOC(=O)C(O)COC(C)(C)C. The van der Waals surface area contributed by atoms with Crippen LogP contribution in [0.4, 0.5) is 0 Å². The molecule has 0 spiro atoms. The van der Waals surface area contributed by atoms with Gasteiger partial charge in [0.25, 0.3) is 0 Å². The second-order valence-electron chi connectivity index (χ2n) is 3.69. The minimum atomic E-state index is -1.18. The molecule has 0 bridgehead atoms. The largest absolute Gasteiger partial charge is 0.464 e. The predicted octanol–water partition coefficient (Wildman–Crippen LogP) is 0.725. The van der Waals surface area contributed by atoms with E-state index in [1.54, 1.807) is 6.92 Å². The van der Waals surface area contributed by atoms with Crippen molar-refractivity contribution in [3.8, 4) is 0 Å². The van der Waals surface area contributed by atoms with Crippen molar-refractivity contribution in [3.05, 3.63) is 0 Å². The van der Waals surface area contributed by atoms with Gasteiger partial charge in [-0.3, -0.25) is 0 Å². The number of rotatable bonds is 4. The van der Waals surface area contributed by atoms with Crippen LogP contribution in [0.25, 0.3) is 0 Å². The molecule has 0 heterocycles. The smallest absolute Gasteiger partial charge is 0.337 e. The fourth-order valence-corrected chi connectivity index (χ4v) is 0.635. The quantitative estimate of drug-likeness (QED) is 0.664. The molecule has 0 aliphatic rings. The van der Waals surface area contributed by atoms with Crippen LogP contribution in [-0.4, -0.2) is 36.0 Å². The molecule has 0 aromatic rings. The van der Waals surface area contributed by atoms with Gasteiger partial charge < -0.3 is 14.6 Å². The van der Waals surface area contributed by atoms with Crippen LogP contribution in [0.2, 0.25) is 0 Å². The Bertz CT molecular complexity index is 159. The third-order valence-corrected chi connectivity index (χ3v) is 1.23. The number of esters is 1. The molecule has 0 aromatic heterocycles. The molecule has 0 rings (SSSR count). The van der Waals surface area contributed by atoms with Crippen molar-refractivity contribution in [1.29, 1.82) is 0 Å². The van der Waals surface area contributed by atoms with E-state index >= 15 is 0 Å². The Labute approximate surface area is 78.8 Å². The van der Waals surface area contributed by atoms with Gasteiger partial charge in [0.2, 0.25) is 0 Å². The molecule has 0 aliphatic heterocycles. The fraction of sp³-hybridized carbons (Fsp3) is 0.889. The van der Waals surface area contributed by atoms with Gasteiger partial charge in [0.05, 0.1) is 18.8 Å². The Kier molecular flexibility index (Phi) is 4.95. The summed E-state index contributed by atoms with van der Waals surface area (Å²) in [5, 5.41) is 9.21. The highest BCUT2D eigenvalue weighted by molar-refractivity contribution is 5.74. The summed E-state index contributed by atoms with van der Waals surface area (Å²) in [5.74, 6) is -0.633. The molecule has 0 fully saturated rings. The lowest BCUT2D eigenvalue weighted by Gasteiger charge is -2.21. The minimum absolute atomic E-state index is 0.0255. The van der Waals surface area contributed by atoms with Gasteiger partial charge >= 0.3 is 5.97 Å². The standard InChI is InChI=1S/C9H18O4/c1-5-12-8(11)7(10)6-13-9(2,3)4/h7,10H,5-6H2,1-4H3. The van der Waals surface area contributed by atoms with Gasteiger partial charge in [-0.1, -0.05) is 0 Å². The summed E-state index contributed by atoms with van der Waals surface area (Å²) in [5.41, 5.74) is -0.354. The fourth-order valence-electron chi connectivity index (χ4n) is 0.635. The minimum Gasteiger partial charge on any atom is -0.464 e. The predicted molar refractivity (Wildman–Crippen MR) is 48.3 cm³/mol. The van der Waals surface area contributed by atoms with Gasteiger partial charge in [0, 0.05) is 0 Å². The van der Waals surface area contributed by atoms with Crippen LogP contribution in [0, 0.1) is 0 Å². The summed E-state index contributed by atoms with van der Waals surface area (Å²) in [6.07, 6.45) is -1.18. The Balaban J connectivity index is 3.74. The van der Waals surface area contributed by atoms with Crippen LogP contribution in [0.5, 0.6) is 0 Å². The number of aliphatic hydroxyl groups is 1. The van der Waals surface area contributed by atoms with Crippen LogP contribution < -0.4 is 0 Å². The molecule has 0 aromatic carbocycles. The highest BCUT2D eigenvalue weighted by atomic mass is 16.6. The Hall–Kier alpha value is -0.610. The molecule has 0 amide bonds. The first-order valence-corrected chi connectivity index (χ1v) is 4.35. The Morgan fingerprint density at radius 2 is 2.00 bits per heavy atom. The third kappa shape index (κ3) is 6.54. The summed E-state index contributed by atoms with van der Waals surface area (Å²) in [6.45, 7) is 7.49. The van der Waals surface area contributed by atoms with Gasteiger partial charge in [-0.05, 0) is 27.7 Å². The van der Waals surface area contributed by atoms with Crippen LogP contribution in [0.15, 0.2) is 0 Å². The highest BCUT2D eigenvalue weighted by Crippen LogP contribution is 2.07. The van der Waals surface area contributed by atoms with Gasteiger partial charge in [-0.25, -0.2) is 4.79 Å². The van der Waals surface area contributed by atoms with Gasteiger partial charge in [0.15, 0.2) is 6.10 Å². The van der Waals surface area contributed by atoms with Crippen molar-refractivity contribution in [1.82, 2.24) is 0 Å². The van der Waals surface area contributed by atoms with Crippen LogP contribution in [-0.2, 0) is 14.3 Å². The van der Waals surface area contributed by atoms with E-state index in [9.17, 15) is 9.90 Å². The lowest BCUT2D eigenvalue weighted by molar-refractivity contribution is -0.159. The van der Waals surface area contributed by atoms with Gasteiger partial charge in [0.1, 0.15) is 0 Å². The zero-order valence-corrected chi connectivity index (χ0v) is 8.66. The molecule has 78 valence electrons. The van der Waals surface area contributed by atoms with Crippen LogP contribution >= 0.6 is 0 Å². The monoisotopic (exact) mass is 190 g/mol. The summed E-state index contributed by atoms with van der Waals surface area (Å²) >= 11 is 0. The second-order valence-corrected chi connectivity index (χ2v) is 3.69. The zero-order chi connectivity index (χ0) is 10.5. The molecule has 0 radical (unpaired) electrons. The average Bonchev–Trinajstić information content (AvgIpc) is 1.99. The van der Waals surface area contributed by atoms with Crippen molar-refractivity contribution in [2.24, 2.45) is 0 Å². The third-order valence-electron chi connectivity index (χ3n) is 1.23. The van der Waals surface area contributed by atoms with E-state index in [0.29, 0.717) is 0 Å². The van der Waals surface area contributed by atoms with E-state index in [1.807, 2.05) is 20.8 Å². The maximum atomic E-state index is 10.9. The first-order chi connectivity index (χ1) is 5.87. The van der Waals surface area contributed by atoms with Crippen molar-refractivity contribution in [2.45, 2.75) is 39.4 Å². The zero-order valence-electron chi connectivity index (χ0n) is 8.66. The van der Waals surface area contributed by atoms with E-state index in [4.69, 9.17) is 4.74 Å². The molecule has 0 saturated carbocycles. The first-order valence-electron chi connectivity index (χ1n) is 4.35. The Morgan fingerprint density at radius 1 is 1.46 bits per heavy atom. The first kappa shape index (κ1) is 12.4. The molecule has 0 aliphatic carbocycles. The molecule has 1 N–H and O–H groups in total. The highest BCUT2D eigenvalue weighted by Gasteiger charge is 2.19. The Morgan fingerprint density at radius 3 is 2.38 bits per heavy atom. The lowest BCUT2D eigenvalue weighted by Crippen LogP contribution is -2.32. The molecule has 0 saturated heterocycles. The van der Waals surface area contributed by atoms with Crippen LogP contribution in [0.1, 0.15) is 27.7 Å². The summed E-state index contributed by atoms with van der Waals surface area (Å²) in [7, 11) is 0. The van der Waals surface area contributed by atoms with Crippen molar-refractivity contribution < 1.29 is 19.4 Å². The number of hydrogen-bond acceptors (Lipinski definition) is 4. The maximum absolute atomic E-state index is 10.9. The molecule has 1 atom stereocenters. The number of hydrogen-bond donors (Lipinski definition) is 1. The van der Waals surface area contributed by atoms with Crippen molar-refractivity contribution in [2.75, 3.05) is 13.2 Å². The number of carbonyl (C=O) groups is 1. The number of carbonyl (C=O) groups excluding carboxylic acids is 1. The average molecular weight is 190 g/mol. The van der Waals surface area contributed by atoms with Crippen molar-refractivity contribution in [3.63, 3.8) is 0 Å². The molecular weight excluding hydrogens is 172 g/mol. The van der Waals surface area contributed by atoms with E-state index in [-0.39, 0.29) is 18.8 Å². The number of aliphatic hydroxyl groups excluding tert-OH is 1. The molecule has 4 heteroatoms. The van der Waals surface area contributed by atoms with E-state index < -0.39 is 12.1 Å². The molecule has 4 nitrogen and oxygen atoms in total. The van der Waals surface area contributed by atoms with E-state index in [0.717, 1.165) is 0 Å².